The molecule has 2 heterocycles. The number of carbonyl (C=O) groups is 1. The van der Waals surface area contributed by atoms with Crippen LogP contribution in [-0.2, 0) is 15.0 Å². The Morgan fingerprint density at radius 2 is 2.11 bits per heavy atom. The molecule has 0 saturated carbocycles. The van der Waals surface area contributed by atoms with E-state index in [0.717, 1.165) is 6.54 Å². The highest BCUT2D eigenvalue weighted by molar-refractivity contribution is 7.86. The Hall–Kier alpha value is -0.755. The second-order valence-electron chi connectivity index (χ2n) is 8.36. The fourth-order valence-electron chi connectivity index (χ4n) is 4.03. The molecule has 0 unspecified atom stereocenters. The Kier molecular flexibility index (Phi) is 7.87. The Morgan fingerprint density at radius 1 is 1.43 bits per heavy atom. The van der Waals surface area contributed by atoms with Crippen LogP contribution < -0.4 is 11.1 Å². The van der Waals surface area contributed by atoms with Gasteiger partial charge in [-0.2, -0.15) is 17.0 Å². The molecule has 0 spiro atoms. The summed E-state index contributed by atoms with van der Waals surface area (Å²) in [5.41, 5.74) is 4.45. The zero-order chi connectivity index (χ0) is 21.1. The van der Waals surface area contributed by atoms with E-state index in [-0.39, 0.29) is 31.4 Å². The fraction of sp³-hybridized carbons (Fsp3) is 0.938. The molecule has 0 aromatic heterocycles. The molecular weight excluding hydrogens is 387 g/mol. The monoisotopic (exact) mass is 420 g/mol. The van der Waals surface area contributed by atoms with Crippen molar-refractivity contribution in [1.82, 2.24) is 13.9 Å². The molecule has 2 rings (SSSR count). The van der Waals surface area contributed by atoms with Gasteiger partial charge in [0.05, 0.1) is 0 Å². The first-order valence-electron chi connectivity index (χ1n) is 9.84. The first kappa shape index (κ1) is 23.5. The number of hydrogen-bond acceptors (Lipinski definition) is 7. The average Bonchev–Trinajstić information content (AvgIpc) is 3.21. The van der Waals surface area contributed by atoms with E-state index >= 15 is 0 Å². The maximum absolute atomic E-state index is 13.4. The van der Waals surface area contributed by atoms with Crippen molar-refractivity contribution in [1.29, 1.82) is 0 Å². The highest BCUT2D eigenvalue weighted by Crippen LogP contribution is 2.34. The van der Waals surface area contributed by atoms with Crippen LogP contribution in [0.1, 0.15) is 33.1 Å². The summed E-state index contributed by atoms with van der Waals surface area (Å²) in [6, 6.07) is -0.159. The molecule has 2 aliphatic rings. The zero-order valence-corrected chi connectivity index (χ0v) is 17.4. The van der Waals surface area contributed by atoms with Gasteiger partial charge in [-0.05, 0) is 31.6 Å². The van der Waals surface area contributed by atoms with Crippen molar-refractivity contribution in [2.75, 3.05) is 32.7 Å². The number of aliphatic carboxylic acids is 1. The van der Waals surface area contributed by atoms with E-state index in [2.05, 4.69) is 5.32 Å². The second kappa shape index (κ2) is 9.37. The maximum Gasteiger partial charge on any atom is 0.451 e. The molecule has 0 aromatic carbocycles. The second-order valence-corrected chi connectivity index (χ2v) is 10.2. The number of hydrogen-bond donors (Lipinski definition) is 5. The molecule has 0 amide bonds. The molecule has 12 heteroatoms. The predicted octanol–water partition coefficient (Wildman–Crippen LogP) is -1.48. The summed E-state index contributed by atoms with van der Waals surface area (Å²) in [4.78, 5) is 11.8. The highest BCUT2D eigenvalue weighted by atomic mass is 32.2. The Labute approximate surface area is 167 Å². The van der Waals surface area contributed by atoms with Gasteiger partial charge >= 0.3 is 13.1 Å². The molecule has 0 bridgehead atoms. The van der Waals surface area contributed by atoms with Crippen molar-refractivity contribution in [3.8, 4) is 0 Å². The van der Waals surface area contributed by atoms with E-state index < -0.39 is 34.8 Å². The molecular formula is C16H33BN4O6S. The van der Waals surface area contributed by atoms with Gasteiger partial charge < -0.3 is 26.2 Å². The van der Waals surface area contributed by atoms with Crippen LogP contribution in [-0.4, -0.2) is 89.6 Å². The van der Waals surface area contributed by atoms with E-state index in [9.17, 15) is 18.3 Å². The third-order valence-electron chi connectivity index (χ3n) is 5.61. The summed E-state index contributed by atoms with van der Waals surface area (Å²) in [6.45, 7) is 5.30. The maximum atomic E-state index is 13.4. The lowest BCUT2D eigenvalue weighted by Gasteiger charge is -2.33. The Balaban J connectivity index is 2.22. The SMILES string of the molecule is CC(C)CN([C@H]1CCNC1)S(=O)(=O)N1C[C@H](CCCB(O)O)[C@](N)(C(=O)O)C1. The lowest BCUT2D eigenvalue weighted by molar-refractivity contribution is -0.144. The molecule has 28 heavy (non-hydrogen) atoms. The minimum atomic E-state index is -3.87. The highest BCUT2D eigenvalue weighted by Gasteiger charge is 2.53. The Bertz CT molecular complexity index is 643. The average molecular weight is 420 g/mol. The van der Waals surface area contributed by atoms with Gasteiger partial charge in [0.2, 0.25) is 0 Å². The normalized spacial score (nSPS) is 29.1. The van der Waals surface area contributed by atoms with Crippen LogP contribution in [0.4, 0.5) is 0 Å². The number of nitrogens with zero attached hydrogens (tertiary/aromatic N) is 2. The van der Waals surface area contributed by atoms with Crippen LogP contribution in [0, 0.1) is 11.8 Å². The standard InChI is InChI=1S/C16H33BN4O6S/c1-12(2)9-21(14-5-7-19-8-14)28(26,27)20-10-13(4-3-6-17(24)25)16(18,11-20)15(22)23/h12-14,19,24-25H,3-11,18H2,1-2H3,(H,22,23)/t13-,14-,16-/m0/s1. The number of nitrogens with one attached hydrogen (secondary N) is 1. The van der Waals surface area contributed by atoms with Crippen molar-refractivity contribution >= 4 is 23.3 Å². The molecule has 0 radical (unpaired) electrons. The molecule has 2 fully saturated rings. The van der Waals surface area contributed by atoms with Gasteiger partial charge in [0, 0.05) is 38.1 Å². The van der Waals surface area contributed by atoms with Gasteiger partial charge in [0.1, 0.15) is 5.54 Å². The third kappa shape index (κ3) is 5.23. The van der Waals surface area contributed by atoms with E-state index in [1.165, 1.54) is 8.61 Å². The topological polar surface area (TPSA) is 156 Å². The largest absolute Gasteiger partial charge is 0.480 e. The van der Waals surface area contributed by atoms with Crippen molar-refractivity contribution in [2.45, 2.75) is 51.0 Å². The zero-order valence-electron chi connectivity index (χ0n) is 16.6. The molecule has 0 aromatic rings. The molecule has 162 valence electrons. The molecule has 2 aliphatic heterocycles. The summed E-state index contributed by atoms with van der Waals surface area (Å²) in [7, 11) is -5.35. The summed E-state index contributed by atoms with van der Waals surface area (Å²) in [5, 5.41) is 30.9. The molecule has 6 N–H and O–H groups in total. The predicted molar refractivity (Wildman–Crippen MR) is 106 cm³/mol. The third-order valence-corrected chi connectivity index (χ3v) is 7.58. The number of carboxylic acid groups (broad SMARTS) is 1. The quantitative estimate of drug-likeness (QED) is 0.268. The number of nitrogens with two attached hydrogens (primary N) is 1. The van der Waals surface area contributed by atoms with Crippen molar-refractivity contribution in [3.63, 3.8) is 0 Å². The van der Waals surface area contributed by atoms with Crippen LogP contribution >= 0.6 is 0 Å². The van der Waals surface area contributed by atoms with E-state index in [4.69, 9.17) is 15.8 Å². The summed E-state index contributed by atoms with van der Waals surface area (Å²) in [6.07, 6.45) is 1.46. The Morgan fingerprint density at radius 3 is 2.61 bits per heavy atom. The van der Waals surface area contributed by atoms with Gasteiger partial charge in [0.25, 0.3) is 10.2 Å². The van der Waals surface area contributed by atoms with Gasteiger partial charge in [-0.3, -0.25) is 4.79 Å². The minimum absolute atomic E-state index is 0.0153. The summed E-state index contributed by atoms with van der Waals surface area (Å²) in [5.74, 6) is -1.71. The van der Waals surface area contributed by atoms with Crippen molar-refractivity contribution in [3.05, 3.63) is 0 Å². The van der Waals surface area contributed by atoms with Crippen LogP contribution in [0.3, 0.4) is 0 Å². The van der Waals surface area contributed by atoms with Crippen molar-refractivity contribution < 1.29 is 28.4 Å². The summed E-state index contributed by atoms with van der Waals surface area (Å²) < 4.78 is 29.5. The molecule has 10 nitrogen and oxygen atoms in total. The minimum Gasteiger partial charge on any atom is -0.480 e. The van der Waals surface area contributed by atoms with Crippen LogP contribution in [0.15, 0.2) is 0 Å². The van der Waals surface area contributed by atoms with Crippen LogP contribution in [0.25, 0.3) is 0 Å². The molecule has 0 aliphatic carbocycles. The lowest BCUT2D eigenvalue weighted by Crippen LogP contribution is -2.56. The van der Waals surface area contributed by atoms with Crippen LogP contribution in [0.2, 0.25) is 6.32 Å². The van der Waals surface area contributed by atoms with E-state index in [0.29, 0.717) is 32.4 Å². The van der Waals surface area contributed by atoms with Gasteiger partial charge in [-0.1, -0.05) is 20.3 Å². The van der Waals surface area contributed by atoms with E-state index in [1.54, 1.807) is 0 Å². The van der Waals surface area contributed by atoms with Gasteiger partial charge in [-0.15, -0.1) is 0 Å². The van der Waals surface area contributed by atoms with Gasteiger partial charge in [-0.25, -0.2) is 0 Å². The van der Waals surface area contributed by atoms with Crippen LogP contribution in [0.5, 0.6) is 0 Å². The first-order chi connectivity index (χ1) is 13.0. The smallest absolute Gasteiger partial charge is 0.451 e. The fourth-order valence-corrected chi connectivity index (χ4v) is 6.12. The number of carboxylic acids is 1. The van der Waals surface area contributed by atoms with E-state index in [1.807, 2.05) is 13.8 Å². The summed E-state index contributed by atoms with van der Waals surface area (Å²) >= 11 is 0. The molecule has 3 atom stereocenters. The molecule has 2 saturated heterocycles. The lowest BCUT2D eigenvalue weighted by atomic mass is 9.78. The van der Waals surface area contributed by atoms with Crippen molar-refractivity contribution in [2.24, 2.45) is 17.6 Å². The van der Waals surface area contributed by atoms with Gasteiger partial charge in [0.15, 0.2) is 0 Å². The number of rotatable bonds is 10. The first-order valence-corrected chi connectivity index (χ1v) is 11.2.